The Morgan fingerprint density at radius 1 is 0.933 bits per heavy atom. The molecular weight excluding hydrogens is 378 g/mol. The highest BCUT2D eigenvalue weighted by Crippen LogP contribution is 2.25. The molecule has 0 bridgehead atoms. The first-order valence-corrected chi connectivity index (χ1v) is 9.72. The molecule has 0 aliphatic rings. The predicted octanol–water partition coefficient (Wildman–Crippen LogP) is 4.65. The molecule has 4 rings (SSSR count). The minimum atomic E-state index is -0.574. The van der Waals surface area contributed by atoms with Gasteiger partial charge in [-0.15, -0.1) is 10.2 Å². The van der Waals surface area contributed by atoms with E-state index >= 15 is 0 Å². The van der Waals surface area contributed by atoms with Crippen molar-refractivity contribution in [3.63, 3.8) is 0 Å². The molecule has 150 valence electrons. The second-order valence-electron chi connectivity index (χ2n) is 6.59. The Balaban J connectivity index is 1.61. The highest BCUT2D eigenvalue weighted by molar-refractivity contribution is 5.94. The summed E-state index contributed by atoms with van der Waals surface area (Å²) >= 11 is 0. The number of carbonyl (C=O) groups is 1. The van der Waals surface area contributed by atoms with Gasteiger partial charge in [0.05, 0.1) is 6.61 Å². The average Bonchev–Trinajstić information content (AvgIpc) is 3.29. The van der Waals surface area contributed by atoms with E-state index in [4.69, 9.17) is 9.15 Å². The van der Waals surface area contributed by atoms with Gasteiger partial charge in [0.25, 0.3) is 5.91 Å². The lowest BCUT2D eigenvalue weighted by Crippen LogP contribution is -2.29. The minimum absolute atomic E-state index is 0.244. The molecule has 1 aromatic heterocycles. The Morgan fingerprint density at radius 2 is 1.60 bits per heavy atom. The second kappa shape index (κ2) is 9.05. The number of ether oxygens (including phenoxy) is 1. The van der Waals surface area contributed by atoms with Crippen LogP contribution in [0.25, 0.3) is 11.5 Å². The van der Waals surface area contributed by atoms with E-state index in [9.17, 15) is 4.79 Å². The van der Waals surface area contributed by atoms with Crippen molar-refractivity contribution < 1.29 is 13.9 Å². The molecule has 3 aromatic carbocycles. The lowest BCUT2D eigenvalue weighted by atomic mass is 10.1. The van der Waals surface area contributed by atoms with E-state index in [0.29, 0.717) is 24.0 Å². The van der Waals surface area contributed by atoms with Crippen LogP contribution in [0.5, 0.6) is 5.75 Å². The smallest absolute Gasteiger partial charge is 0.252 e. The molecular formula is C24H21N3O3. The number of nitrogens with one attached hydrogen (secondary N) is 1. The maximum absolute atomic E-state index is 12.9. The fraction of sp³-hybridized carbons (Fsp3) is 0.125. The third kappa shape index (κ3) is 4.38. The number of aromatic nitrogens is 2. The number of nitrogens with zero attached hydrogens (tertiary/aromatic N) is 2. The van der Waals surface area contributed by atoms with Crippen LogP contribution >= 0.6 is 0 Å². The van der Waals surface area contributed by atoms with Crippen molar-refractivity contribution >= 4 is 5.91 Å². The van der Waals surface area contributed by atoms with Crippen molar-refractivity contribution in [2.75, 3.05) is 6.61 Å². The number of rotatable bonds is 7. The van der Waals surface area contributed by atoms with E-state index in [0.717, 1.165) is 16.9 Å². The monoisotopic (exact) mass is 399 g/mol. The highest BCUT2D eigenvalue weighted by atomic mass is 16.5. The molecule has 6 nitrogen and oxygen atoms in total. The summed E-state index contributed by atoms with van der Waals surface area (Å²) < 4.78 is 11.4. The van der Waals surface area contributed by atoms with Crippen molar-refractivity contribution in [3.05, 3.63) is 102 Å². The van der Waals surface area contributed by atoms with Crippen molar-refractivity contribution in [3.8, 4) is 17.2 Å². The van der Waals surface area contributed by atoms with Crippen molar-refractivity contribution in [2.45, 2.75) is 13.0 Å². The van der Waals surface area contributed by atoms with Crippen molar-refractivity contribution in [1.82, 2.24) is 15.5 Å². The third-order valence-electron chi connectivity index (χ3n) is 4.54. The SMILES string of the molecule is CCOc1ccc(C(=O)NC(c2ccccc2)c2nnc(-c3ccccc3)o2)cc1. The maximum Gasteiger partial charge on any atom is 0.252 e. The molecule has 0 saturated carbocycles. The molecule has 0 aliphatic carbocycles. The van der Waals surface area contributed by atoms with Crippen LogP contribution in [0.15, 0.2) is 89.3 Å². The van der Waals surface area contributed by atoms with Gasteiger partial charge in [-0.1, -0.05) is 48.5 Å². The summed E-state index contributed by atoms with van der Waals surface area (Å²) in [6.45, 7) is 2.49. The minimum Gasteiger partial charge on any atom is -0.494 e. The van der Waals surface area contributed by atoms with Gasteiger partial charge in [-0.2, -0.15) is 0 Å². The van der Waals surface area contributed by atoms with Gasteiger partial charge < -0.3 is 14.5 Å². The van der Waals surface area contributed by atoms with Gasteiger partial charge in [0.15, 0.2) is 0 Å². The van der Waals surface area contributed by atoms with Crippen LogP contribution in [-0.4, -0.2) is 22.7 Å². The van der Waals surface area contributed by atoms with E-state index in [1.54, 1.807) is 24.3 Å². The van der Waals surface area contributed by atoms with Crippen LogP contribution in [0.1, 0.15) is 34.8 Å². The fourth-order valence-electron chi connectivity index (χ4n) is 3.07. The molecule has 0 radical (unpaired) electrons. The van der Waals surface area contributed by atoms with Crippen LogP contribution < -0.4 is 10.1 Å². The zero-order valence-corrected chi connectivity index (χ0v) is 16.5. The molecule has 1 heterocycles. The summed E-state index contributed by atoms with van der Waals surface area (Å²) in [6.07, 6.45) is 0. The second-order valence-corrected chi connectivity index (χ2v) is 6.59. The maximum atomic E-state index is 12.9. The van der Waals surface area contributed by atoms with Gasteiger partial charge in [0.1, 0.15) is 11.8 Å². The quantitative estimate of drug-likeness (QED) is 0.489. The molecule has 1 amide bonds. The Kier molecular flexibility index (Phi) is 5.85. The third-order valence-corrected chi connectivity index (χ3v) is 4.54. The van der Waals surface area contributed by atoms with E-state index in [2.05, 4.69) is 15.5 Å². The van der Waals surface area contributed by atoms with E-state index in [1.807, 2.05) is 67.6 Å². The lowest BCUT2D eigenvalue weighted by molar-refractivity contribution is 0.0938. The summed E-state index contributed by atoms with van der Waals surface area (Å²) in [5, 5.41) is 11.4. The molecule has 1 N–H and O–H groups in total. The van der Waals surface area contributed by atoms with Crippen LogP contribution in [-0.2, 0) is 0 Å². The largest absolute Gasteiger partial charge is 0.494 e. The van der Waals surface area contributed by atoms with Crippen LogP contribution in [0.3, 0.4) is 0 Å². The Morgan fingerprint density at radius 3 is 2.27 bits per heavy atom. The number of benzene rings is 3. The molecule has 0 aliphatic heterocycles. The molecule has 0 spiro atoms. The molecule has 0 saturated heterocycles. The number of hydrogen-bond donors (Lipinski definition) is 1. The zero-order valence-electron chi connectivity index (χ0n) is 16.5. The molecule has 1 unspecified atom stereocenters. The molecule has 0 fully saturated rings. The van der Waals surface area contributed by atoms with Crippen molar-refractivity contribution in [1.29, 1.82) is 0 Å². The summed E-state index contributed by atoms with van der Waals surface area (Å²) in [7, 11) is 0. The van der Waals surface area contributed by atoms with E-state index in [1.165, 1.54) is 0 Å². The van der Waals surface area contributed by atoms with E-state index in [-0.39, 0.29) is 5.91 Å². The fourth-order valence-corrected chi connectivity index (χ4v) is 3.07. The Labute approximate surface area is 174 Å². The molecule has 6 heteroatoms. The van der Waals surface area contributed by atoms with Crippen LogP contribution in [0.4, 0.5) is 0 Å². The lowest BCUT2D eigenvalue weighted by Gasteiger charge is -2.16. The van der Waals surface area contributed by atoms with E-state index < -0.39 is 6.04 Å². The van der Waals surface area contributed by atoms with Crippen LogP contribution in [0.2, 0.25) is 0 Å². The molecule has 30 heavy (non-hydrogen) atoms. The topological polar surface area (TPSA) is 77.2 Å². The Hall–Kier alpha value is -3.93. The molecule has 1 atom stereocenters. The normalized spacial score (nSPS) is 11.6. The zero-order chi connectivity index (χ0) is 20.8. The van der Waals surface area contributed by atoms with Gasteiger partial charge in [-0.05, 0) is 48.9 Å². The summed E-state index contributed by atoms with van der Waals surface area (Å²) in [5.41, 5.74) is 2.18. The van der Waals surface area contributed by atoms with Gasteiger partial charge in [0.2, 0.25) is 11.8 Å². The average molecular weight is 399 g/mol. The predicted molar refractivity (Wildman–Crippen MR) is 113 cm³/mol. The van der Waals surface area contributed by atoms with Gasteiger partial charge >= 0.3 is 0 Å². The Bertz CT molecular complexity index is 1090. The highest BCUT2D eigenvalue weighted by Gasteiger charge is 2.24. The number of hydrogen-bond acceptors (Lipinski definition) is 5. The number of carbonyl (C=O) groups excluding carboxylic acids is 1. The standard InChI is InChI=1S/C24H21N3O3/c1-2-29-20-15-13-18(14-16-20)22(28)25-21(17-9-5-3-6-10-17)24-27-26-23(30-24)19-11-7-4-8-12-19/h3-16,21H,2H2,1H3,(H,25,28). The first-order chi connectivity index (χ1) is 14.7. The van der Waals surface area contributed by atoms with Gasteiger partial charge in [0, 0.05) is 11.1 Å². The van der Waals surface area contributed by atoms with Crippen LogP contribution in [0, 0.1) is 0 Å². The summed E-state index contributed by atoms with van der Waals surface area (Å²) in [6, 6.07) is 25.5. The first-order valence-electron chi connectivity index (χ1n) is 9.72. The summed E-state index contributed by atoms with van der Waals surface area (Å²) in [5.74, 6) is 1.20. The van der Waals surface area contributed by atoms with Crippen molar-refractivity contribution in [2.24, 2.45) is 0 Å². The first kappa shape index (κ1) is 19.4. The number of amides is 1. The summed E-state index contributed by atoms with van der Waals surface area (Å²) in [4.78, 5) is 12.9. The molecule has 4 aromatic rings. The van der Waals surface area contributed by atoms with Gasteiger partial charge in [-0.25, -0.2) is 0 Å². The van der Waals surface area contributed by atoms with Gasteiger partial charge in [-0.3, -0.25) is 4.79 Å².